The van der Waals surface area contributed by atoms with Crippen molar-refractivity contribution in [2.75, 3.05) is 19.8 Å². The van der Waals surface area contributed by atoms with Crippen molar-refractivity contribution >= 4 is 5.97 Å². The summed E-state index contributed by atoms with van der Waals surface area (Å²) in [5, 5.41) is 40.6. The van der Waals surface area contributed by atoms with Gasteiger partial charge in [0.05, 0.1) is 24.7 Å². The molecule has 0 aromatic carbocycles. The van der Waals surface area contributed by atoms with Gasteiger partial charge < -0.3 is 25.2 Å². The van der Waals surface area contributed by atoms with Crippen molar-refractivity contribution in [2.24, 2.45) is 56.7 Å². The van der Waals surface area contributed by atoms with Crippen molar-refractivity contribution in [2.45, 2.75) is 111 Å². The molecule has 5 rings (SSSR count). The molecule has 0 amide bonds. The number of rotatable bonds is 6. The molecule has 0 saturated heterocycles. The van der Waals surface area contributed by atoms with Crippen molar-refractivity contribution in [3.63, 3.8) is 0 Å². The summed E-state index contributed by atoms with van der Waals surface area (Å²) >= 11 is 0. The normalized spacial score (nSPS) is 51.6. The summed E-state index contributed by atoms with van der Waals surface area (Å²) < 4.78 is 5.72. The molecule has 6 nitrogen and oxygen atoms in total. The molecule has 0 bridgehead atoms. The van der Waals surface area contributed by atoms with Crippen molar-refractivity contribution < 1.29 is 30.0 Å². The van der Waals surface area contributed by atoms with Crippen molar-refractivity contribution in [1.29, 1.82) is 0 Å². The van der Waals surface area contributed by atoms with Crippen LogP contribution in [-0.2, 0) is 9.53 Å². The van der Waals surface area contributed by atoms with E-state index < -0.39 is 29.6 Å². The monoisotopic (exact) mass is 546 g/mol. The number of carbonyl (C=O) groups excluding carboxylic acids is 1. The molecule has 0 heterocycles. The van der Waals surface area contributed by atoms with Gasteiger partial charge in [0.2, 0.25) is 0 Å². The van der Waals surface area contributed by atoms with Crippen LogP contribution in [0.25, 0.3) is 0 Å². The average molecular weight is 547 g/mol. The zero-order valence-electron chi connectivity index (χ0n) is 25.0. The maximum absolute atomic E-state index is 13.8. The summed E-state index contributed by atoms with van der Waals surface area (Å²) in [4.78, 5) is 13.8. The van der Waals surface area contributed by atoms with E-state index in [-0.39, 0.29) is 41.3 Å². The summed E-state index contributed by atoms with van der Waals surface area (Å²) in [6, 6.07) is 0. The summed E-state index contributed by atoms with van der Waals surface area (Å²) in [7, 11) is 0. The molecule has 0 aromatic rings. The van der Waals surface area contributed by atoms with Gasteiger partial charge >= 0.3 is 5.97 Å². The highest BCUT2D eigenvalue weighted by Gasteiger charge is 2.72. The number of aliphatic hydroxyl groups is 4. The third-order valence-electron chi connectivity index (χ3n) is 14.2. The minimum Gasteiger partial charge on any atom is -0.462 e. The van der Waals surface area contributed by atoms with E-state index in [9.17, 15) is 25.2 Å². The van der Waals surface area contributed by atoms with Crippen LogP contribution in [-0.4, -0.2) is 58.4 Å². The lowest BCUT2D eigenvalue weighted by molar-refractivity contribution is -0.254. The number of fused-ring (bicyclic) bond motifs is 7. The van der Waals surface area contributed by atoms with Crippen LogP contribution in [0.4, 0.5) is 0 Å². The van der Waals surface area contributed by atoms with E-state index in [4.69, 9.17) is 4.74 Å². The molecule has 0 spiro atoms. The van der Waals surface area contributed by atoms with E-state index >= 15 is 0 Å². The Kier molecular flexibility index (Phi) is 7.43. The van der Waals surface area contributed by atoms with Crippen LogP contribution in [0.1, 0.15) is 98.8 Å². The van der Waals surface area contributed by atoms with Crippen LogP contribution < -0.4 is 0 Å². The fraction of sp³-hybridized carbons (Fsp3) is 0.909. The van der Waals surface area contributed by atoms with Gasteiger partial charge in [-0.2, -0.15) is 0 Å². The Bertz CT molecular complexity index is 981. The molecular formula is C33H54O6. The van der Waals surface area contributed by atoms with E-state index in [2.05, 4.69) is 41.2 Å². The molecule has 5 fully saturated rings. The Morgan fingerprint density at radius 2 is 1.64 bits per heavy atom. The molecule has 5 aliphatic rings. The van der Waals surface area contributed by atoms with Gasteiger partial charge in [0.25, 0.3) is 0 Å². The Morgan fingerprint density at radius 1 is 0.923 bits per heavy atom. The Morgan fingerprint density at radius 3 is 2.28 bits per heavy atom. The number of aliphatic hydroxyl groups excluding tert-OH is 4. The second-order valence-electron chi connectivity index (χ2n) is 15.5. The highest BCUT2D eigenvalue weighted by atomic mass is 16.5. The number of carbonyl (C=O) groups is 1. The minimum atomic E-state index is -1.04. The SMILES string of the molecule is C=C(C)[C@@H]1CC[C@]2(C(=O)OCC(O)CO)CC[C@]3(C)C(CC[C@@H]4[C@@]5(C)CCC(O)[C@@](C)(CO)[C@@H]5CC[C@]43C)[C@@H]12. The molecule has 222 valence electrons. The quantitative estimate of drug-likeness (QED) is 0.280. The van der Waals surface area contributed by atoms with E-state index in [1.165, 1.54) is 0 Å². The molecular weight excluding hydrogens is 492 g/mol. The maximum atomic E-state index is 13.8. The van der Waals surface area contributed by atoms with Crippen LogP contribution in [0.15, 0.2) is 12.2 Å². The lowest BCUT2D eigenvalue weighted by Crippen LogP contribution is -2.67. The molecule has 6 heteroatoms. The lowest BCUT2D eigenvalue weighted by Gasteiger charge is -2.72. The fourth-order valence-electron chi connectivity index (χ4n) is 11.9. The zero-order chi connectivity index (χ0) is 28.6. The van der Waals surface area contributed by atoms with Crippen LogP contribution in [0.2, 0.25) is 0 Å². The standard InChI is InChI=1S/C33H54O6/c1-20(2)22-9-14-33(28(38)39-18-21(36)17-34)16-15-31(5)23(27(22)33)7-8-25-29(3)12-11-26(37)30(4,19-35)24(29)10-13-32(25,31)6/h21-27,34-37H,1,7-19H2,2-6H3/t21?,22-,23?,24+,25+,26?,27+,29-,30-,31+,32+,33-/m0/s1. The number of allylic oxidation sites excluding steroid dienone is 1. The highest BCUT2D eigenvalue weighted by molar-refractivity contribution is 5.78. The minimum absolute atomic E-state index is 0.0374. The molecule has 0 radical (unpaired) electrons. The predicted molar refractivity (Wildman–Crippen MR) is 150 cm³/mol. The van der Waals surface area contributed by atoms with Crippen molar-refractivity contribution in [3.05, 3.63) is 12.2 Å². The summed E-state index contributed by atoms with van der Waals surface area (Å²) in [6.07, 6.45) is 8.16. The Hall–Kier alpha value is -0.950. The van der Waals surface area contributed by atoms with E-state index in [0.717, 1.165) is 69.8 Å². The smallest absolute Gasteiger partial charge is 0.312 e. The second-order valence-corrected chi connectivity index (χ2v) is 15.5. The molecule has 39 heavy (non-hydrogen) atoms. The van der Waals surface area contributed by atoms with Gasteiger partial charge in [0.15, 0.2) is 0 Å². The summed E-state index contributed by atoms with van der Waals surface area (Å²) in [5.74, 6) is 1.51. The average Bonchev–Trinajstić information content (AvgIpc) is 3.31. The maximum Gasteiger partial charge on any atom is 0.312 e. The molecule has 0 aliphatic heterocycles. The first-order chi connectivity index (χ1) is 18.2. The first-order valence-corrected chi connectivity index (χ1v) is 15.7. The second kappa shape index (κ2) is 9.81. The van der Waals surface area contributed by atoms with E-state index in [1.54, 1.807) is 0 Å². The molecule has 3 unspecified atom stereocenters. The number of ether oxygens (including phenoxy) is 1. The van der Waals surface area contributed by atoms with Gasteiger partial charge in [-0.25, -0.2) is 0 Å². The Balaban J connectivity index is 1.51. The van der Waals surface area contributed by atoms with Gasteiger partial charge in [0.1, 0.15) is 12.7 Å². The van der Waals surface area contributed by atoms with Gasteiger partial charge in [-0.15, -0.1) is 0 Å². The summed E-state index contributed by atoms with van der Waals surface area (Å²) in [6.45, 7) is 15.6. The van der Waals surface area contributed by atoms with E-state index in [1.807, 2.05) is 0 Å². The molecule has 5 aliphatic carbocycles. The highest BCUT2D eigenvalue weighted by Crippen LogP contribution is 2.77. The lowest BCUT2D eigenvalue weighted by atomic mass is 9.32. The molecule has 5 saturated carbocycles. The molecule has 12 atom stereocenters. The molecule has 0 aromatic heterocycles. The number of hydrogen-bond donors (Lipinski definition) is 4. The fourth-order valence-corrected chi connectivity index (χ4v) is 11.9. The topological polar surface area (TPSA) is 107 Å². The van der Waals surface area contributed by atoms with Crippen LogP contribution in [0.3, 0.4) is 0 Å². The Labute approximate surface area is 235 Å². The van der Waals surface area contributed by atoms with Gasteiger partial charge in [-0.1, -0.05) is 39.8 Å². The van der Waals surface area contributed by atoms with Gasteiger partial charge in [-0.3, -0.25) is 4.79 Å². The zero-order valence-corrected chi connectivity index (χ0v) is 25.0. The third-order valence-corrected chi connectivity index (χ3v) is 14.2. The van der Waals surface area contributed by atoms with Gasteiger partial charge in [-0.05, 0) is 117 Å². The number of esters is 1. The third kappa shape index (κ3) is 3.90. The van der Waals surface area contributed by atoms with Crippen molar-refractivity contribution in [3.8, 4) is 0 Å². The first kappa shape index (κ1) is 29.5. The van der Waals surface area contributed by atoms with Crippen LogP contribution >= 0.6 is 0 Å². The van der Waals surface area contributed by atoms with Crippen LogP contribution in [0.5, 0.6) is 0 Å². The first-order valence-electron chi connectivity index (χ1n) is 15.7. The summed E-state index contributed by atoms with van der Waals surface area (Å²) in [5.41, 5.74) is 0.440. The van der Waals surface area contributed by atoms with Crippen molar-refractivity contribution in [1.82, 2.24) is 0 Å². The predicted octanol–water partition coefficient (Wildman–Crippen LogP) is 4.87. The number of hydrogen-bond acceptors (Lipinski definition) is 6. The van der Waals surface area contributed by atoms with E-state index in [0.29, 0.717) is 23.7 Å². The van der Waals surface area contributed by atoms with Gasteiger partial charge in [0, 0.05) is 5.41 Å². The largest absolute Gasteiger partial charge is 0.462 e. The molecule has 4 N–H and O–H groups in total. The van der Waals surface area contributed by atoms with Crippen LogP contribution in [0, 0.1) is 56.7 Å².